The van der Waals surface area contributed by atoms with Gasteiger partial charge in [-0.2, -0.15) is 0 Å². The molecule has 0 aliphatic carbocycles. The number of carbonyl (C=O) groups is 4. The van der Waals surface area contributed by atoms with Crippen LogP contribution < -0.4 is 10.6 Å². The lowest BCUT2D eigenvalue weighted by Crippen LogP contribution is -2.42. The maximum absolute atomic E-state index is 11.8. The van der Waals surface area contributed by atoms with Crippen molar-refractivity contribution < 1.29 is 33.8 Å². The molecule has 0 saturated carbocycles. The Morgan fingerprint density at radius 3 is 1.91 bits per heavy atom. The van der Waals surface area contributed by atoms with Gasteiger partial charge < -0.3 is 30.1 Å². The Morgan fingerprint density at radius 2 is 1.47 bits per heavy atom. The molecule has 0 radical (unpaired) electrons. The van der Waals surface area contributed by atoms with Crippen LogP contribution in [0.2, 0.25) is 0 Å². The Kier molecular flexibility index (Phi) is 12.1. The fraction of sp³-hybridized carbons (Fsp3) is 0.818. The van der Waals surface area contributed by atoms with Crippen molar-refractivity contribution in [1.29, 1.82) is 0 Å². The largest absolute Gasteiger partial charge is 0.481 e. The molecule has 1 heterocycles. The van der Waals surface area contributed by atoms with Gasteiger partial charge in [-0.1, -0.05) is 0 Å². The maximum atomic E-state index is 11.8. The fourth-order valence-corrected chi connectivity index (χ4v) is 2.72. The lowest BCUT2D eigenvalue weighted by Gasteiger charge is -2.23. The number of amides is 3. The Hall–Kier alpha value is -2.52. The highest BCUT2D eigenvalue weighted by Gasteiger charge is 2.23. The molecule has 0 aromatic heterocycles. The van der Waals surface area contributed by atoms with Crippen molar-refractivity contribution in [3.05, 3.63) is 0 Å². The van der Waals surface area contributed by atoms with Crippen LogP contribution >= 0.6 is 0 Å². The van der Waals surface area contributed by atoms with Gasteiger partial charge >= 0.3 is 18.2 Å². The van der Waals surface area contributed by atoms with E-state index in [0.29, 0.717) is 0 Å². The summed E-state index contributed by atoms with van der Waals surface area (Å²) in [5.41, 5.74) is -0.886. The van der Waals surface area contributed by atoms with E-state index in [1.165, 1.54) is 0 Å². The molecule has 186 valence electrons. The molecule has 1 aliphatic heterocycles. The highest BCUT2D eigenvalue weighted by molar-refractivity contribution is 5.77. The average Bonchev–Trinajstić information content (AvgIpc) is 3.04. The third kappa shape index (κ3) is 16.2. The number of aliphatic carboxylic acids is 1. The zero-order chi connectivity index (χ0) is 25.1. The second kappa shape index (κ2) is 13.1. The molecule has 0 bridgehead atoms. The van der Waals surface area contributed by atoms with Crippen molar-refractivity contribution in [2.24, 2.45) is 0 Å². The maximum Gasteiger partial charge on any atom is 0.407 e. The highest BCUT2D eigenvalue weighted by Crippen LogP contribution is 2.11. The third-order valence-electron chi connectivity index (χ3n) is 3.95. The van der Waals surface area contributed by atoms with Crippen molar-refractivity contribution in [2.45, 2.75) is 104 Å². The molecule has 2 unspecified atom stereocenters. The lowest BCUT2D eigenvalue weighted by molar-refractivity contribution is -0.137. The third-order valence-corrected chi connectivity index (χ3v) is 3.95. The van der Waals surface area contributed by atoms with E-state index in [9.17, 15) is 19.2 Å². The van der Waals surface area contributed by atoms with Crippen LogP contribution in [0, 0.1) is 0 Å². The summed E-state index contributed by atoms with van der Waals surface area (Å²) in [6, 6.07) is -0.428. The smallest absolute Gasteiger partial charge is 0.407 e. The lowest BCUT2D eigenvalue weighted by atomic mass is 10.1. The summed E-state index contributed by atoms with van der Waals surface area (Å²) in [7, 11) is 0. The number of ether oxygens (including phenoxy) is 2. The summed E-state index contributed by atoms with van der Waals surface area (Å²) in [6.45, 7) is 15.9. The first-order valence-corrected chi connectivity index (χ1v) is 11.0. The SMILES string of the molecule is CC(CC(=O)N1CCCC1)OC(=O)NC(C)(C)C.CC(CC(=O)O)NC(=O)OC(C)(C)C. The van der Waals surface area contributed by atoms with Gasteiger partial charge in [0.1, 0.15) is 11.7 Å². The van der Waals surface area contributed by atoms with Crippen LogP contribution in [0.4, 0.5) is 9.59 Å². The molecule has 1 rings (SSSR count). The average molecular weight is 460 g/mol. The number of nitrogens with one attached hydrogen (secondary N) is 2. The van der Waals surface area contributed by atoms with E-state index in [0.717, 1.165) is 25.9 Å². The molecule has 10 nitrogen and oxygen atoms in total. The van der Waals surface area contributed by atoms with Crippen molar-refractivity contribution in [2.75, 3.05) is 13.1 Å². The molecular formula is C22H41N3O7. The minimum Gasteiger partial charge on any atom is -0.481 e. The van der Waals surface area contributed by atoms with E-state index in [4.69, 9.17) is 14.6 Å². The summed E-state index contributed by atoms with van der Waals surface area (Å²) in [6.07, 6.45) is 0.851. The predicted molar refractivity (Wildman–Crippen MR) is 120 cm³/mol. The number of carboxylic acid groups (broad SMARTS) is 1. The van der Waals surface area contributed by atoms with E-state index >= 15 is 0 Å². The van der Waals surface area contributed by atoms with Crippen LogP contribution in [0.25, 0.3) is 0 Å². The van der Waals surface area contributed by atoms with Gasteiger partial charge in [0, 0.05) is 24.7 Å². The predicted octanol–water partition coefficient (Wildman–Crippen LogP) is 3.29. The highest BCUT2D eigenvalue weighted by atomic mass is 16.6. The van der Waals surface area contributed by atoms with E-state index in [1.54, 1.807) is 34.6 Å². The normalized spacial score (nSPS) is 15.6. The van der Waals surface area contributed by atoms with Crippen LogP contribution in [0.5, 0.6) is 0 Å². The summed E-state index contributed by atoms with van der Waals surface area (Å²) in [5.74, 6) is -0.878. The number of hydrogen-bond acceptors (Lipinski definition) is 6. The molecule has 0 aromatic carbocycles. The Morgan fingerprint density at radius 1 is 0.938 bits per heavy atom. The van der Waals surface area contributed by atoms with Gasteiger partial charge in [-0.25, -0.2) is 9.59 Å². The molecule has 3 amide bonds. The number of rotatable bonds is 6. The molecular weight excluding hydrogens is 418 g/mol. The standard InChI is InChI=1S/C13H24N2O3.C9H17NO4/c1-10(18-12(17)14-13(2,3)4)9-11(16)15-7-5-6-8-15;1-6(5-7(11)12)10-8(13)14-9(2,3)4/h10H,5-9H2,1-4H3,(H,14,17);6H,5H2,1-4H3,(H,10,13)(H,11,12). The number of nitrogens with zero attached hydrogens (tertiary/aromatic N) is 1. The van der Waals surface area contributed by atoms with Gasteiger partial charge in [-0.15, -0.1) is 0 Å². The molecule has 32 heavy (non-hydrogen) atoms. The second-order valence-corrected chi connectivity index (χ2v) is 10.0. The van der Waals surface area contributed by atoms with E-state index < -0.39 is 29.8 Å². The van der Waals surface area contributed by atoms with Gasteiger partial charge in [0.15, 0.2) is 0 Å². The molecule has 1 fully saturated rings. The first kappa shape index (κ1) is 29.5. The van der Waals surface area contributed by atoms with Gasteiger partial charge in [0.05, 0.1) is 12.8 Å². The number of alkyl carbamates (subject to hydrolysis) is 2. The van der Waals surface area contributed by atoms with Crippen LogP contribution in [0.15, 0.2) is 0 Å². The monoisotopic (exact) mass is 459 g/mol. The Bertz CT molecular complexity index is 632. The summed E-state index contributed by atoms with van der Waals surface area (Å²) in [5, 5.41) is 13.6. The van der Waals surface area contributed by atoms with Gasteiger partial charge in [-0.05, 0) is 68.2 Å². The fourth-order valence-electron chi connectivity index (χ4n) is 2.72. The van der Waals surface area contributed by atoms with Crippen molar-refractivity contribution in [3.63, 3.8) is 0 Å². The first-order valence-electron chi connectivity index (χ1n) is 11.0. The van der Waals surface area contributed by atoms with Gasteiger partial charge in [-0.3, -0.25) is 9.59 Å². The van der Waals surface area contributed by atoms with Crippen LogP contribution in [-0.4, -0.2) is 70.4 Å². The molecule has 10 heteroatoms. The van der Waals surface area contributed by atoms with Gasteiger partial charge in [0.25, 0.3) is 0 Å². The van der Waals surface area contributed by atoms with Crippen LogP contribution in [0.3, 0.4) is 0 Å². The van der Waals surface area contributed by atoms with Crippen LogP contribution in [0.1, 0.15) is 81.1 Å². The summed E-state index contributed by atoms with van der Waals surface area (Å²) < 4.78 is 10.1. The molecule has 0 spiro atoms. The number of carboxylic acids is 1. The summed E-state index contributed by atoms with van der Waals surface area (Å²) >= 11 is 0. The van der Waals surface area contributed by atoms with Crippen molar-refractivity contribution in [3.8, 4) is 0 Å². The minimum atomic E-state index is -0.950. The van der Waals surface area contributed by atoms with E-state index in [-0.39, 0.29) is 30.4 Å². The number of likely N-dealkylation sites (tertiary alicyclic amines) is 1. The van der Waals surface area contributed by atoms with Crippen molar-refractivity contribution in [1.82, 2.24) is 15.5 Å². The van der Waals surface area contributed by atoms with E-state index in [1.807, 2.05) is 25.7 Å². The number of hydrogen-bond donors (Lipinski definition) is 3. The molecule has 0 aromatic rings. The first-order chi connectivity index (χ1) is 14.5. The quantitative estimate of drug-likeness (QED) is 0.555. The van der Waals surface area contributed by atoms with Gasteiger partial charge in [0.2, 0.25) is 5.91 Å². The Labute approximate surface area is 191 Å². The minimum absolute atomic E-state index is 0.0727. The Balaban J connectivity index is 0.000000622. The molecule has 2 atom stereocenters. The second-order valence-electron chi connectivity index (χ2n) is 10.0. The van der Waals surface area contributed by atoms with Crippen molar-refractivity contribution >= 4 is 24.1 Å². The topological polar surface area (TPSA) is 134 Å². The number of carbonyl (C=O) groups excluding carboxylic acids is 3. The van der Waals surface area contributed by atoms with Crippen LogP contribution in [-0.2, 0) is 19.1 Å². The molecule has 1 saturated heterocycles. The zero-order valence-electron chi connectivity index (χ0n) is 20.7. The molecule has 3 N–H and O–H groups in total. The summed E-state index contributed by atoms with van der Waals surface area (Å²) in [4.78, 5) is 46.6. The van der Waals surface area contributed by atoms with E-state index in [2.05, 4.69) is 10.6 Å². The zero-order valence-corrected chi connectivity index (χ0v) is 20.7. The molecule has 1 aliphatic rings.